The number of benzene rings is 2. The zero-order valence-electron chi connectivity index (χ0n) is 22.9. The van der Waals surface area contributed by atoms with Crippen LogP contribution in [0, 0.1) is 0 Å². The van der Waals surface area contributed by atoms with E-state index in [1.54, 1.807) is 14.2 Å². The maximum atomic E-state index is 13.8. The average molecular weight is 518 g/mol. The van der Waals surface area contributed by atoms with Crippen LogP contribution < -0.4 is 20.5 Å². The number of methoxy groups -OCH3 is 2. The van der Waals surface area contributed by atoms with E-state index in [1.165, 1.54) is 0 Å². The number of hydrogen-bond acceptors (Lipinski definition) is 6. The van der Waals surface area contributed by atoms with Crippen molar-refractivity contribution in [2.45, 2.75) is 44.7 Å². The molecule has 0 aliphatic carbocycles. The Balaban J connectivity index is 1.38. The molecule has 202 valence electrons. The van der Waals surface area contributed by atoms with Crippen molar-refractivity contribution >= 4 is 17.4 Å². The van der Waals surface area contributed by atoms with Gasteiger partial charge in [0.2, 0.25) is 0 Å². The molecule has 3 N–H and O–H groups in total. The molecule has 3 aliphatic heterocycles. The minimum absolute atomic E-state index is 0.0830. The number of ether oxygens (including phenoxy) is 2. The van der Waals surface area contributed by atoms with Crippen LogP contribution in [-0.4, -0.2) is 66.7 Å². The van der Waals surface area contributed by atoms with Crippen LogP contribution in [0.25, 0.3) is 0 Å². The minimum Gasteiger partial charge on any atom is -0.497 e. The van der Waals surface area contributed by atoms with Crippen molar-refractivity contribution in [3.8, 4) is 11.5 Å². The van der Waals surface area contributed by atoms with Crippen LogP contribution in [0.2, 0.25) is 0 Å². The van der Waals surface area contributed by atoms with Crippen molar-refractivity contribution in [3.05, 3.63) is 71.6 Å². The molecule has 0 radical (unpaired) electrons. The highest BCUT2D eigenvalue weighted by Gasteiger charge is 2.54. The summed E-state index contributed by atoms with van der Waals surface area (Å²) in [5.74, 6) is 1.65. The molecule has 3 heterocycles. The molecule has 2 amide bonds. The SMILES string of the molecule is C=C(CN1CCC2(CC1)C1=C[C@H](C)c3c(cc(OC)cc3OC)CN1C(=O)N2CC)Nc1ccccc1N. The van der Waals surface area contributed by atoms with Gasteiger partial charge >= 0.3 is 6.03 Å². The van der Waals surface area contributed by atoms with E-state index in [1.807, 2.05) is 41.3 Å². The second-order valence-corrected chi connectivity index (χ2v) is 10.5. The Hall–Kier alpha value is -3.65. The highest BCUT2D eigenvalue weighted by Crippen LogP contribution is 2.49. The third kappa shape index (κ3) is 4.36. The van der Waals surface area contributed by atoms with E-state index >= 15 is 0 Å². The van der Waals surface area contributed by atoms with Gasteiger partial charge in [0.05, 0.1) is 37.7 Å². The fourth-order valence-electron chi connectivity index (χ4n) is 6.46. The first-order valence-corrected chi connectivity index (χ1v) is 13.4. The average Bonchev–Trinajstić information content (AvgIpc) is 3.01. The first kappa shape index (κ1) is 26.0. The number of allylic oxidation sites excluding steroid dienone is 1. The van der Waals surface area contributed by atoms with Gasteiger partial charge in [-0.3, -0.25) is 9.80 Å². The van der Waals surface area contributed by atoms with Gasteiger partial charge in [-0.15, -0.1) is 0 Å². The number of nitrogen functional groups attached to an aromatic ring is 1. The maximum Gasteiger partial charge on any atom is 0.325 e. The number of rotatable bonds is 7. The number of nitrogens with zero attached hydrogens (tertiary/aromatic N) is 3. The lowest BCUT2D eigenvalue weighted by atomic mass is 9.82. The predicted molar refractivity (Wildman–Crippen MR) is 151 cm³/mol. The van der Waals surface area contributed by atoms with Gasteiger partial charge in [-0.25, -0.2) is 4.79 Å². The Labute approximate surface area is 225 Å². The molecule has 2 aromatic rings. The van der Waals surface area contributed by atoms with E-state index in [0.29, 0.717) is 18.8 Å². The lowest BCUT2D eigenvalue weighted by Gasteiger charge is -2.44. The number of urea groups is 1. The van der Waals surface area contributed by atoms with Gasteiger partial charge < -0.3 is 25.4 Å². The third-order valence-electron chi connectivity index (χ3n) is 8.28. The number of likely N-dealkylation sites (tertiary alicyclic amines) is 1. The second-order valence-electron chi connectivity index (χ2n) is 10.5. The van der Waals surface area contributed by atoms with Crippen LogP contribution in [0.3, 0.4) is 0 Å². The summed E-state index contributed by atoms with van der Waals surface area (Å²) in [5, 5.41) is 3.37. The number of fused-ring (bicyclic) bond motifs is 3. The van der Waals surface area contributed by atoms with Gasteiger partial charge in [0.25, 0.3) is 0 Å². The predicted octanol–water partition coefficient (Wildman–Crippen LogP) is 5.00. The number of para-hydroxylation sites is 2. The number of nitrogens with two attached hydrogens (primary N) is 1. The summed E-state index contributed by atoms with van der Waals surface area (Å²) >= 11 is 0. The fraction of sp³-hybridized carbons (Fsp3) is 0.433. The monoisotopic (exact) mass is 517 g/mol. The molecule has 38 heavy (non-hydrogen) atoms. The molecule has 0 aromatic heterocycles. The Kier molecular flexibility index (Phi) is 7.01. The zero-order valence-corrected chi connectivity index (χ0v) is 22.9. The summed E-state index contributed by atoms with van der Waals surface area (Å²) in [6.07, 6.45) is 4.04. The molecule has 5 rings (SSSR count). The lowest BCUT2D eigenvalue weighted by molar-refractivity contribution is 0.0969. The smallest absolute Gasteiger partial charge is 0.325 e. The Bertz CT molecular complexity index is 1260. The Morgan fingerprint density at radius 2 is 1.92 bits per heavy atom. The van der Waals surface area contributed by atoms with Crippen molar-refractivity contribution in [3.63, 3.8) is 0 Å². The molecule has 2 aromatic carbocycles. The third-order valence-corrected chi connectivity index (χ3v) is 8.28. The summed E-state index contributed by atoms with van der Waals surface area (Å²) in [6.45, 7) is 12.2. The molecule has 8 heteroatoms. The van der Waals surface area contributed by atoms with Crippen molar-refractivity contribution < 1.29 is 14.3 Å². The minimum atomic E-state index is -0.311. The molecular formula is C30H39N5O3. The largest absolute Gasteiger partial charge is 0.497 e. The number of likely N-dealkylation sites (N-methyl/N-ethyl adjacent to an activating group) is 1. The molecule has 1 spiro atoms. The van der Waals surface area contributed by atoms with Crippen LogP contribution in [-0.2, 0) is 6.54 Å². The van der Waals surface area contributed by atoms with Crippen LogP contribution in [0.4, 0.5) is 16.2 Å². The van der Waals surface area contributed by atoms with E-state index in [-0.39, 0.29) is 17.5 Å². The van der Waals surface area contributed by atoms with Gasteiger partial charge in [-0.2, -0.15) is 0 Å². The molecule has 2 saturated heterocycles. The van der Waals surface area contributed by atoms with Crippen LogP contribution in [0.5, 0.6) is 11.5 Å². The Morgan fingerprint density at radius 3 is 2.58 bits per heavy atom. The van der Waals surface area contributed by atoms with Gasteiger partial charge in [0.1, 0.15) is 11.5 Å². The van der Waals surface area contributed by atoms with Crippen LogP contribution >= 0.6 is 0 Å². The van der Waals surface area contributed by atoms with E-state index in [9.17, 15) is 4.79 Å². The van der Waals surface area contributed by atoms with Gasteiger partial charge in [-0.05, 0) is 43.5 Å². The Morgan fingerprint density at radius 1 is 1.18 bits per heavy atom. The molecular weight excluding hydrogens is 478 g/mol. The summed E-state index contributed by atoms with van der Waals surface area (Å²) < 4.78 is 11.3. The highest BCUT2D eigenvalue weighted by atomic mass is 16.5. The molecule has 1 atom stereocenters. The van der Waals surface area contributed by atoms with Gasteiger partial charge in [0, 0.05) is 55.1 Å². The number of amides is 2. The molecule has 2 fully saturated rings. The van der Waals surface area contributed by atoms with Crippen LogP contribution in [0.1, 0.15) is 43.7 Å². The number of carbonyl (C=O) groups excluding carboxylic acids is 1. The lowest BCUT2D eigenvalue weighted by Crippen LogP contribution is -2.54. The number of carbonyl (C=O) groups is 1. The summed E-state index contributed by atoms with van der Waals surface area (Å²) in [6, 6.07) is 11.8. The van der Waals surface area contributed by atoms with E-state index in [4.69, 9.17) is 15.2 Å². The fourth-order valence-corrected chi connectivity index (χ4v) is 6.46. The number of nitrogens with one attached hydrogen (secondary N) is 1. The topological polar surface area (TPSA) is 83.3 Å². The number of hydrogen-bond donors (Lipinski definition) is 2. The quantitative estimate of drug-likeness (QED) is 0.503. The van der Waals surface area contributed by atoms with Crippen molar-refractivity contribution in [1.82, 2.24) is 14.7 Å². The first-order valence-electron chi connectivity index (χ1n) is 13.4. The van der Waals surface area contributed by atoms with Gasteiger partial charge in [-0.1, -0.05) is 31.7 Å². The maximum absolute atomic E-state index is 13.8. The van der Waals surface area contributed by atoms with Crippen molar-refractivity contribution in [2.24, 2.45) is 0 Å². The molecule has 8 nitrogen and oxygen atoms in total. The first-order chi connectivity index (χ1) is 18.3. The summed E-state index contributed by atoms with van der Waals surface area (Å²) in [7, 11) is 3.35. The van der Waals surface area contributed by atoms with E-state index < -0.39 is 0 Å². The zero-order chi connectivity index (χ0) is 27.0. The van der Waals surface area contributed by atoms with Crippen LogP contribution in [0.15, 0.2) is 60.4 Å². The van der Waals surface area contributed by atoms with E-state index in [2.05, 4.69) is 41.6 Å². The molecule has 0 saturated carbocycles. The summed E-state index contributed by atoms with van der Waals surface area (Å²) in [5.41, 5.74) is 11.6. The van der Waals surface area contributed by atoms with Crippen molar-refractivity contribution in [1.29, 1.82) is 0 Å². The van der Waals surface area contributed by atoms with E-state index in [0.717, 1.165) is 72.2 Å². The molecule has 0 bridgehead atoms. The second kappa shape index (κ2) is 10.3. The van der Waals surface area contributed by atoms with Gasteiger partial charge in [0.15, 0.2) is 0 Å². The standard InChI is InChI=1S/C30H39N5O3/c1-6-35-29(36)34-19-22-16-23(37-4)17-26(38-5)28(22)20(2)15-27(34)30(35)11-13-33(14-12-30)18-21(3)32-25-10-8-7-9-24(25)31/h7-10,15-17,20,32H,3,6,11-14,18-19,31H2,1-2,4-5H3/t20-/m0/s1. The summed E-state index contributed by atoms with van der Waals surface area (Å²) in [4.78, 5) is 20.3. The molecule has 0 unspecified atom stereocenters. The van der Waals surface area contributed by atoms with Crippen molar-refractivity contribution in [2.75, 3.05) is 51.4 Å². The molecule has 3 aliphatic rings. The number of anilines is 2. The highest BCUT2D eigenvalue weighted by molar-refractivity contribution is 5.83. The number of piperidine rings is 1. The normalized spacial score (nSPS) is 20.5.